The van der Waals surface area contributed by atoms with E-state index in [0.29, 0.717) is 24.3 Å². The van der Waals surface area contributed by atoms with Crippen molar-refractivity contribution in [2.24, 2.45) is 0 Å². The van der Waals surface area contributed by atoms with Gasteiger partial charge in [0.05, 0.1) is 0 Å². The van der Waals surface area contributed by atoms with Gasteiger partial charge in [-0.3, -0.25) is 0 Å². The molecule has 21 heavy (non-hydrogen) atoms. The molecule has 0 radical (unpaired) electrons. The number of rotatable bonds is 4. The van der Waals surface area contributed by atoms with Crippen molar-refractivity contribution in [1.82, 2.24) is 19.6 Å². The molecule has 7 heteroatoms. The molecule has 0 fully saturated rings. The molecule has 0 amide bonds. The first-order valence-corrected chi connectivity index (χ1v) is 6.48. The third kappa shape index (κ3) is 2.96. The number of fused-ring (bicyclic) bond motifs is 1. The summed E-state index contributed by atoms with van der Waals surface area (Å²) in [6, 6.07) is 5.36. The lowest BCUT2D eigenvalue weighted by Crippen LogP contribution is -2.10. The standard InChI is InChI=1S/C14H13F2N5/c1-9-4-13(21-14(20-9)18-8-19-21)17-3-2-10-5-11(15)7-12(16)6-10/h4-8,17H,2-3H2,1H3. The first kappa shape index (κ1) is 13.4. The molecule has 0 aliphatic heterocycles. The van der Waals surface area contributed by atoms with E-state index in [4.69, 9.17) is 0 Å². The fourth-order valence-electron chi connectivity index (χ4n) is 2.15. The number of nitrogens with one attached hydrogen (secondary N) is 1. The summed E-state index contributed by atoms with van der Waals surface area (Å²) in [7, 11) is 0. The van der Waals surface area contributed by atoms with Gasteiger partial charge < -0.3 is 5.32 Å². The van der Waals surface area contributed by atoms with Crippen LogP contribution in [-0.2, 0) is 6.42 Å². The third-order valence-electron chi connectivity index (χ3n) is 3.02. The molecular formula is C14H13F2N5. The van der Waals surface area contributed by atoms with E-state index in [9.17, 15) is 8.78 Å². The average molecular weight is 289 g/mol. The highest BCUT2D eigenvalue weighted by molar-refractivity contribution is 5.44. The maximum atomic E-state index is 13.1. The second-order valence-electron chi connectivity index (χ2n) is 4.71. The van der Waals surface area contributed by atoms with Crippen LogP contribution in [-0.4, -0.2) is 26.1 Å². The summed E-state index contributed by atoms with van der Waals surface area (Å²) in [6.45, 7) is 2.38. The average Bonchev–Trinajstić information content (AvgIpc) is 2.85. The van der Waals surface area contributed by atoms with Crippen molar-refractivity contribution in [3.8, 4) is 0 Å². The smallest absolute Gasteiger partial charge is 0.254 e. The summed E-state index contributed by atoms with van der Waals surface area (Å²) in [5.74, 6) is 0.119. The molecule has 2 heterocycles. The number of nitrogens with zero attached hydrogens (tertiary/aromatic N) is 4. The predicted octanol–water partition coefficient (Wildman–Crippen LogP) is 2.37. The zero-order chi connectivity index (χ0) is 14.8. The normalized spacial score (nSPS) is 11.0. The van der Waals surface area contributed by atoms with E-state index in [1.165, 1.54) is 18.5 Å². The lowest BCUT2D eigenvalue weighted by atomic mass is 10.1. The number of benzene rings is 1. The minimum absolute atomic E-state index is 0.492. The van der Waals surface area contributed by atoms with E-state index in [-0.39, 0.29) is 0 Å². The van der Waals surface area contributed by atoms with Gasteiger partial charge in [0, 0.05) is 24.4 Å². The van der Waals surface area contributed by atoms with Gasteiger partial charge in [-0.25, -0.2) is 13.8 Å². The molecule has 5 nitrogen and oxygen atoms in total. The van der Waals surface area contributed by atoms with Crippen LogP contribution in [0.25, 0.3) is 5.78 Å². The Hall–Kier alpha value is -2.57. The van der Waals surface area contributed by atoms with Crippen molar-refractivity contribution < 1.29 is 8.78 Å². The van der Waals surface area contributed by atoms with Crippen molar-refractivity contribution in [2.45, 2.75) is 13.3 Å². The van der Waals surface area contributed by atoms with Gasteiger partial charge in [0.2, 0.25) is 0 Å². The minimum Gasteiger partial charge on any atom is -0.370 e. The molecule has 0 bridgehead atoms. The maximum absolute atomic E-state index is 13.1. The van der Waals surface area contributed by atoms with E-state index in [1.807, 2.05) is 13.0 Å². The van der Waals surface area contributed by atoms with Gasteiger partial charge in [-0.2, -0.15) is 14.6 Å². The lowest BCUT2D eigenvalue weighted by Gasteiger charge is -2.09. The summed E-state index contributed by atoms with van der Waals surface area (Å²) in [5.41, 5.74) is 1.41. The Bertz CT molecular complexity index is 764. The minimum atomic E-state index is -0.566. The van der Waals surface area contributed by atoms with Crippen molar-refractivity contribution in [3.05, 3.63) is 53.5 Å². The van der Waals surface area contributed by atoms with E-state index in [1.54, 1.807) is 4.52 Å². The Kier molecular flexibility index (Phi) is 3.47. The Morgan fingerprint density at radius 2 is 1.90 bits per heavy atom. The quantitative estimate of drug-likeness (QED) is 0.801. The monoisotopic (exact) mass is 289 g/mol. The van der Waals surface area contributed by atoms with Gasteiger partial charge in [-0.05, 0) is 31.0 Å². The largest absolute Gasteiger partial charge is 0.370 e. The molecule has 0 saturated heterocycles. The van der Waals surface area contributed by atoms with Crippen LogP contribution < -0.4 is 5.32 Å². The number of hydrogen-bond acceptors (Lipinski definition) is 4. The zero-order valence-corrected chi connectivity index (χ0v) is 11.3. The number of aromatic nitrogens is 4. The third-order valence-corrected chi connectivity index (χ3v) is 3.02. The molecule has 3 aromatic rings. The van der Waals surface area contributed by atoms with Gasteiger partial charge in [-0.1, -0.05) is 0 Å². The molecule has 0 unspecified atom stereocenters. The van der Waals surface area contributed by atoms with Crippen LogP contribution >= 0.6 is 0 Å². The molecule has 0 aliphatic carbocycles. The van der Waals surface area contributed by atoms with Crippen LogP contribution in [0.1, 0.15) is 11.3 Å². The molecule has 108 valence electrons. The number of anilines is 1. The van der Waals surface area contributed by atoms with Crippen LogP contribution in [0.5, 0.6) is 0 Å². The van der Waals surface area contributed by atoms with Crippen molar-refractivity contribution in [3.63, 3.8) is 0 Å². The molecule has 0 aliphatic rings. The fraction of sp³-hybridized carbons (Fsp3) is 0.214. The zero-order valence-electron chi connectivity index (χ0n) is 11.3. The summed E-state index contributed by atoms with van der Waals surface area (Å²) in [5, 5.41) is 7.25. The van der Waals surface area contributed by atoms with Crippen molar-refractivity contribution in [1.29, 1.82) is 0 Å². The van der Waals surface area contributed by atoms with Crippen molar-refractivity contribution >= 4 is 11.6 Å². The van der Waals surface area contributed by atoms with E-state index in [2.05, 4.69) is 20.4 Å². The summed E-state index contributed by atoms with van der Waals surface area (Å²) in [4.78, 5) is 8.27. The molecule has 1 aromatic carbocycles. The SMILES string of the molecule is Cc1cc(NCCc2cc(F)cc(F)c2)n2ncnc2n1. The van der Waals surface area contributed by atoms with E-state index in [0.717, 1.165) is 17.6 Å². The first-order chi connectivity index (χ1) is 10.1. The van der Waals surface area contributed by atoms with Gasteiger partial charge in [0.1, 0.15) is 23.8 Å². The molecule has 3 rings (SSSR count). The highest BCUT2D eigenvalue weighted by Crippen LogP contribution is 2.12. The fourth-order valence-corrected chi connectivity index (χ4v) is 2.15. The summed E-state index contributed by atoms with van der Waals surface area (Å²) < 4.78 is 27.8. The molecular weight excluding hydrogens is 276 g/mol. The van der Waals surface area contributed by atoms with Crippen molar-refractivity contribution in [2.75, 3.05) is 11.9 Å². The van der Waals surface area contributed by atoms with Crippen LogP contribution in [0, 0.1) is 18.6 Å². The number of aryl methyl sites for hydroxylation is 1. The molecule has 2 aromatic heterocycles. The second kappa shape index (κ2) is 5.43. The van der Waals surface area contributed by atoms with Crippen LogP contribution in [0.3, 0.4) is 0 Å². The Labute approximate surface area is 119 Å². The molecule has 1 N–H and O–H groups in total. The molecule has 0 spiro atoms. The predicted molar refractivity (Wildman–Crippen MR) is 74.1 cm³/mol. The van der Waals surface area contributed by atoms with Gasteiger partial charge in [0.25, 0.3) is 5.78 Å². The first-order valence-electron chi connectivity index (χ1n) is 6.48. The Morgan fingerprint density at radius 3 is 2.67 bits per heavy atom. The highest BCUT2D eigenvalue weighted by Gasteiger charge is 2.05. The highest BCUT2D eigenvalue weighted by atomic mass is 19.1. The van der Waals surface area contributed by atoms with Gasteiger partial charge in [-0.15, -0.1) is 0 Å². The lowest BCUT2D eigenvalue weighted by molar-refractivity contribution is 0.580. The Balaban J connectivity index is 1.73. The van der Waals surface area contributed by atoms with Gasteiger partial charge >= 0.3 is 0 Å². The maximum Gasteiger partial charge on any atom is 0.254 e. The van der Waals surface area contributed by atoms with Crippen LogP contribution in [0.15, 0.2) is 30.6 Å². The molecule has 0 atom stereocenters. The van der Waals surface area contributed by atoms with Crippen LogP contribution in [0.2, 0.25) is 0 Å². The summed E-state index contributed by atoms with van der Waals surface area (Å²) in [6.07, 6.45) is 1.92. The Morgan fingerprint density at radius 1 is 1.14 bits per heavy atom. The van der Waals surface area contributed by atoms with E-state index < -0.39 is 11.6 Å². The van der Waals surface area contributed by atoms with Crippen LogP contribution in [0.4, 0.5) is 14.6 Å². The topological polar surface area (TPSA) is 55.1 Å². The summed E-state index contributed by atoms with van der Waals surface area (Å²) >= 11 is 0. The van der Waals surface area contributed by atoms with E-state index >= 15 is 0 Å². The molecule has 0 saturated carbocycles. The number of halogens is 2. The number of hydrogen-bond donors (Lipinski definition) is 1. The van der Waals surface area contributed by atoms with Gasteiger partial charge in [0.15, 0.2) is 0 Å². The second-order valence-corrected chi connectivity index (χ2v) is 4.71.